The Labute approximate surface area is 91.5 Å². The minimum Gasteiger partial charge on any atom is -0.397 e. The number of nitrogens with one attached hydrogen (secondary N) is 1. The summed E-state index contributed by atoms with van der Waals surface area (Å²) < 4.78 is 0. The molecule has 1 aromatic rings. The molecule has 0 unspecified atom stereocenters. The van der Waals surface area contributed by atoms with Crippen molar-refractivity contribution in [3.05, 3.63) is 35.4 Å². The lowest BCUT2D eigenvalue weighted by Crippen LogP contribution is -2.05. The van der Waals surface area contributed by atoms with E-state index < -0.39 is 0 Å². The molecule has 0 spiro atoms. The maximum absolute atomic E-state index is 6.07. The Hall–Kier alpha value is -1.70. The molecule has 0 bridgehead atoms. The average molecular weight is 202 g/mol. The number of rotatable bonds is 3. The minimum absolute atomic E-state index is 0.741. The first kappa shape index (κ1) is 11.4. The van der Waals surface area contributed by atoms with Crippen LogP contribution in [0, 0.1) is 13.8 Å². The predicted molar refractivity (Wildman–Crippen MR) is 70.1 cm³/mol. The largest absolute Gasteiger partial charge is 0.397 e. The van der Waals surface area contributed by atoms with Gasteiger partial charge < -0.3 is 11.1 Å². The van der Waals surface area contributed by atoms with Gasteiger partial charge in [0.05, 0.1) is 11.4 Å². The standard InChI is InChI=1S/C13H18N2/c1-6-10-8(3)9(4)11(7-2)13(15-5)12(10)14/h6-7,15H,1-2,14H2,3-5H3. The third-order valence-corrected chi connectivity index (χ3v) is 2.86. The zero-order chi connectivity index (χ0) is 11.6. The first-order valence-corrected chi connectivity index (χ1v) is 4.93. The van der Waals surface area contributed by atoms with Crippen molar-refractivity contribution in [3.8, 4) is 0 Å². The van der Waals surface area contributed by atoms with E-state index in [2.05, 4.69) is 32.3 Å². The summed E-state index contributed by atoms with van der Waals surface area (Å²) in [4.78, 5) is 0. The SMILES string of the molecule is C=Cc1c(C)c(C)c(C=C)c(NC)c1N. The van der Waals surface area contributed by atoms with E-state index >= 15 is 0 Å². The van der Waals surface area contributed by atoms with Crippen molar-refractivity contribution in [2.24, 2.45) is 0 Å². The summed E-state index contributed by atoms with van der Waals surface area (Å²) >= 11 is 0. The van der Waals surface area contributed by atoms with Crippen LogP contribution >= 0.6 is 0 Å². The second-order valence-electron chi connectivity index (χ2n) is 3.52. The molecule has 2 heteroatoms. The first-order valence-electron chi connectivity index (χ1n) is 4.93. The van der Waals surface area contributed by atoms with Gasteiger partial charge in [0.1, 0.15) is 0 Å². The Morgan fingerprint density at radius 2 is 1.53 bits per heavy atom. The van der Waals surface area contributed by atoms with E-state index in [1.165, 1.54) is 5.56 Å². The zero-order valence-electron chi connectivity index (χ0n) is 9.65. The lowest BCUT2D eigenvalue weighted by atomic mass is 9.94. The van der Waals surface area contributed by atoms with E-state index in [0.29, 0.717) is 0 Å². The number of hydrogen-bond acceptors (Lipinski definition) is 2. The van der Waals surface area contributed by atoms with Gasteiger partial charge in [-0.15, -0.1) is 0 Å². The van der Waals surface area contributed by atoms with Crippen molar-refractivity contribution in [1.82, 2.24) is 0 Å². The summed E-state index contributed by atoms with van der Waals surface area (Å²) in [5.74, 6) is 0. The Bertz CT molecular complexity index is 417. The molecule has 2 nitrogen and oxygen atoms in total. The summed E-state index contributed by atoms with van der Waals surface area (Å²) in [6, 6.07) is 0. The third kappa shape index (κ3) is 1.63. The summed E-state index contributed by atoms with van der Waals surface area (Å²) in [5, 5.41) is 3.11. The fraction of sp³-hybridized carbons (Fsp3) is 0.231. The summed E-state index contributed by atoms with van der Waals surface area (Å²) in [5.41, 5.74) is 12.2. The molecular formula is C13H18N2. The molecule has 15 heavy (non-hydrogen) atoms. The van der Waals surface area contributed by atoms with Crippen LogP contribution in [-0.2, 0) is 0 Å². The molecule has 0 aliphatic carbocycles. The molecule has 0 amide bonds. The van der Waals surface area contributed by atoms with E-state index in [1.54, 1.807) is 6.08 Å². The zero-order valence-corrected chi connectivity index (χ0v) is 9.65. The average Bonchev–Trinajstić information content (AvgIpc) is 2.23. The normalized spacial score (nSPS) is 9.80. The van der Waals surface area contributed by atoms with Crippen LogP contribution < -0.4 is 11.1 Å². The second kappa shape index (κ2) is 4.22. The van der Waals surface area contributed by atoms with Gasteiger partial charge in [-0.1, -0.05) is 25.3 Å². The van der Waals surface area contributed by atoms with E-state index in [1.807, 2.05) is 13.1 Å². The smallest absolute Gasteiger partial charge is 0.0653 e. The van der Waals surface area contributed by atoms with Gasteiger partial charge in [-0.2, -0.15) is 0 Å². The molecule has 0 aliphatic rings. The Morgan fingerprint density at radius 1 is 1.07 bits per heavy atom. The number of benzene rings is 1. The Balaban J connectivity index is 3.72. The molecule has 1 rings (SSSR count). The van der Waals surface area contributed by atoms with Gasteiger partial charge in [-0.05, 0) is 25.0 Å². The van der Waals surface area contributed by atoms with Gasteiger partial charge >= 0.3 is 0 Å². The summed E-state index contributed by atoms with van der Waals surface area (Å²) in [7, 11) is 1.86. The molecule has 0 atom stereocenters. The highest BCUT2D eigenvalue weighted by molar-refractivity contribution is 5.87. The van der Waals surface area contributed by atoms with Crippen LogP contribution in [0.15, 0.2) is 13.2 Å². The van der Waals surface area contributed by atoms with Crippen LogP contribution in [0.5, 0.6) is 0 Å². The van der Waals surface area contributed by atoms with Crippen LogP contribution in [0.3, 0.4) is 0 Å². The topological polar surface area (TPSA) is 38.0 Å². The lowest BCUT2D eigenvalue weighted by molar-refractivity contribution is 1.30. The van der Waals surface area contributed by atoms with E-state index in [9.17, 15) is 0 Å². The summed E-state index contributed by atoms with van der Waals surface area (Å²) in [6.45, 7) is 11.7. The summed E-state index contributed by atoms with van der Waals surface area (Å²) in [6.07, 6.45) is 3.63. The molecule has 0 aromatic heterocycles. The maximum atomic E-state index is 6.07. The Morgan fingerprint density at radius 3 is 1.93 bits per heavy atom. The second-order valence-corrected chi connectivity index (χ2v) is 3.52. The highest BCUT2D eigenvalue weighted by atomic mass is 14.9. The predicted octanol–water partition coefficient (Wildman–Crippen LogP) is 3.21. The number of nitrogen functional groups attached to an aromatic ring is 1. The molecule has 1 aromatic carbocycles. The van der Waals surface area contributed by atoms with Crippen LogP contribution in [0.2, 0.25) is 0 Å². The van der Waals surface area contributed by atoms with Crippen LogP contribution in [0.4, 0.5) is 11.4 Å². The monoisotopic (exact) mass is 202 g/mol. The van der Waals surface area contributed by atoms with Crippen molar-refractivity contribution in [2.45, 2.75) is 13.8 Å². The van der Waals surface area contributed by atoms with Gasteiger partial charge in [-0.25, -0.2) is 0 Å². The Kier molecular flexibility index (Phi) is 3.20. The molecule has 0 saturated carbocycles. The van der Waals surface area contributed by atoms with Crippen molar-refractivity contribution < 1.29 is 0 Å². The van der Waals surface area contributed by atoms with E-state index in [0.717, 1.165) is 28.1 Å². The van der Waals surface area contributed by atoms with Crippen molar-refractivity contribution >= 4 is 23.5 Å². The van der Waals surface area contributed by atoms with E-state index in [-0.39, 0.29) is 0 Å². The first-order chi connectivity index (χ1) is 7.08. The fourth-order valence-corrected chi connectivity index (χ4v) is 1.86. The maximum Gasteiger partial charge on any atom is 0.0653 e. The highest BCUT2D eigenvalue weighted by Crippen LogP contribution is 2.34. The molecule has 80 valence electrons. The molecule has 0 heterocycles. The van der Waals surface area contributed by atoms with Gasteiger partial charge in [-0.3, -0.25) is 0 Å². The third-order valence-electron chi connectivity index (χ3n) is 2.86. The number of nitrogens with two attached hydrogens (primary N) is 1. The van der Waals surface area contributed by atoms with Crippen LogP contribution in [0.25, 0.3) is 12.2 Å². The lowest BCUT2D eigenvalue weighted by Gasteiger charge is -2.18. The van der Waals surface area contributed by atoms with Crippen LogP contribution in [0.1, 0.15) is 22.3 Å². The fourth-order valence-electron chi connectivity index (χ4n) is 1.86. The van der Waals surface area contributed by atoms with Crippen molar-refractivity contribution in [3.63, 3.8) is 0 Å². The molecule has 0 radical (unpaired) electrons. The molecule has 3 N–H and O–H groups in total. The quantitative estimate of drug-likeness (QED) is 0.739. The molecule has 0 saturated heterocycles. The molecular weight excluding hydrogens is 184 g/mol. The number of anilines is 2. The molecule has 0 aliphatic heterocycles. The highest BCUT2D eigenvalue weighted by Gasteiger charge is 2.13. The van der Waals surface area contributed by atoms with Gasteiger partial charge in [0.15, 0.2) is 0 Å². The van der Waals surface area contributed by atoms with Crippen LogP contribution in [-0.4, -0.2) is 7.05 Å². The van der Waals surface area contributed by atoms with Gasteiger partial charge in [0.25, 0.3) is 0 Å². The van der Waals surface area contributed by atoms with Crippen molar-refractivity contribution in [1.29, 1.82) is 0 Å². The number of hydrogen-bond donors (Lipinski definition) is 2. The van der Waals surface area contributed by atoms with Crippen molar-refractivity contribution in [2.75, 3.05) is 18.1 Å². The van der Waals surface area contributed by atoms with E-state index in [4.69, 9.17) is 5.73 Å². The minimum atomic E-state index is 0.741. The molecule has 0 fully saturated rings. The van der Waals surface area contributed by atoms with Gasteiger partial charge in [0, 0.05) is 18.2 Å². The van der Waals surface area contributed by atoms with Gasteiger partial charge in [0.2, 0.25) is 0 Å².